The molecule has 0 spiro atoms. The van der Waals surface area contributed by atoms with Gasteiger partial charge in [0.1, 0.15) is 6.33 Å². The zero-order chi connectivity index (χ0) is 9.26. The molecule has 0 aliphatic rings. The van der Waals surface area contributed by atoms with Gasteiger partial charge in [-0.2, -0.15) is 0 Å². The quantitative estimate of drug-likeness (QED) is 0.678. The Hall–Kier alpha value is -1.91. The summed E-state index contributed by atoms with van der Waals surface area (Å²) >= 11 is 0. The lowest BCUT2D eigenvalue weighted by Crippen LogP contribution is -2.14. The van der Waals surface area contributed by atoms with E-state index in [-0.39, 0.29) is 5.56 Å². The second-order valence-electron chi connectivity index (χ2n) is 2.68. The monoisotopic (exact) mass is 176 g/mol. The minimum absolute atomic E-state index is 0.115. The van der Waals surface area contributed by atoms with Gasteiger partial charge in [-0.1, -0.05) is 0 Å². The number of aromatic amines is 1. The first-order valence-corrected chi connectivity index (χ1v) is 3.82. The highest BCUT2D eigenvalue weighted by Crippen LogP contribution is 1.96. The zero-order valence-electron chi connectivity index (χ0n) is 7.06. The highest BCUT2D eigenvalue weighted by molar-refractivity contribution is 5.18. The number of aryl methyl sites for hydroxylation is 1. The lowest BCUT2D eigenvalue weighted by molar-refractivity contribution is 0.801. The van der Waals surface area contributed by atoms with Crippen molar-refractivity contribution in [1.82, 2.24) is 19.7 Å². The number of aromatic nitrogens is 4. The van der Waals surface area contributed by atoms with Gasteiger partial charge < -0.3 is 0 Å². The molecule has 1 N–H and O–H groups in total. The van der Waals surface area contributed by atoms with Crippen molar-refractivity contribution in [1.29, 1.82) is 0 Å². The Kier molecular flexibility index (Phi) is 1.70. The van der Waals surface area contributed by atoms with E-state index in [4.69, 9.17) is 0 Å². The summed E-state index contributed by atoms with van der Waals surface area (Å²) in [4.78, 5) is 19.0. The van der Waals surface area contributed by atoms with Crippen LogP contribution in [0.2, 0.25) is 0 Å². The molecule has 0 aromatic carbocycles. The van der Waals surface area contributed by atoms with E-state index in [0.717, 1.165) is 5.69 Å². The summed E-state index contributed by atoms with van der Waals surface area (Å²) in [6, 6.07) is 3.18. The fourth-order valence-corrected chi connectivity index (χ4v) is 1.10. The van der Waals surface area contributed by atoms with Crippen molar-refractivity contribution in [3.63, 3.8) is 0 Å². The van der Waals surface area contributed by atoms with Crippen LogP contribution in [0.5, 0.6) is 0 Å². The molecule has 2 rings (SSSR count). The summed E-state index contributed by atoms with van der Waals surface area (Å²) in [5.74, 6) is 0.549. The Balaban J connectivity index is 2.59. The molecule has 0 aliphatic heterocycles. The predicted octanol–water partition coefficient (Wildman–Crippen LogP) is 0.264. The first-order valence-electron chi connectivity index (χ1n) is 3.82. The van der Waals surface area contributed by atoms with Gasteiger partial charge in [0, 0.05) is 24.0 Å². The van der Waals surface area contributed by atoms with Crippen LogP contribution in [-0.4, -0.2) is 19.7 Å². The van der Waals surface area contributed by atoms with Gasteiger partial charge in [0.25, 0.3) is 5.56 Å². The van der Waals surface area contributed by atoms with Crippen molar-refractivity contribution >= 4 is 0 Å². The van der Waals surface area contributed by atoms with Crippen molar-refractivity contribution < 1.29 is 0 Å². The lowest BCUT2D eigenvalue weighted by Gasteiger charge is -1.97. The SMILES string of the molecule is Cc1cc(=O)n(-c2ccncn2)[nH]1. The first kappa shape index (κ1) is 7.72. The van der Waals surface area contributed by atoms with Crippen LogP contribution in [0.1, 0.15) is 5.69 Å². The third-order valence-corrected chi connectivity index (χ3v) is 1.64. The molecule has 2 heterocycles. The standard InChI is InChI=1S/C8H8N4O/c1-6-4-8(13)12(11-6)7-2-3-9-5-10-7/h2-5,11H,1H3. The maximum atomic E-state index is 11.3. The van der Waals surface area contributed by atoms with Crippen LogP contribution >= 0.6 is 0 Å². The molecule has 0 aliphatic carbocycles. The first-order chi connectivity index (χ1) is 6.27. The highest BCUT2D eigenvalue weighted by atomic mass is 16.1. The second-order valence-corrected chi connectivity index (χ2v) is 2.68. The van der Waals surface area contributed by atoms with Gasteiger partial charge in [-0.25, -0.2) is 14.6 Å². The van der Waals surface area contributed by atoms with Crippen molar-refractivity contribution in [3.8, 4) is 5.82 Å². The Morgan fingerprint density at radius 2 is 2.38 bits per heavy atom. The van der Waals surface area contributed by atoms with Gasteiger partial charge in [-0.3, -0.25) is 9.89 Å². The van der Waals surface area contributed by atoms with Gasteiger partial charge in [-0.15, -0.1) is 0 Å². The molecule has 0 saturated heterocycles. The van der Waals surface area contributed by atoms with E-state index < -0.39 is 0 Å². The van der Waals surface area contributed by atoms with Crippen LogP contribution < -0.4 is 5.56 Å². The molecule has 2 aromatic rings. The van der Waals surface area contributed by atoms with Crippen molar-refractivity contribution in [2.75, 3.05) is 0 Å². The molecule has 0 radical (unpaired) electrons. The largest absolute Gasteiger partial charge is 0.294 e. The molecule has 0 atom stereocenters. The van der Waals surface area contributed by atoms with E-state index in [9.17, 15) is 4.79 Å². The van der Waals surface area contributed by atoms with Crippen LogP contribution in [0, 0.1) is 6.92 Å². The van der Waals surface area contributed by atoms with E-state index in [0.29, 0.717) is 5.82 Å². The van der Waals surface area contributed by atoms with Gasteiger partial charge in [0.05, 0.1) is 0 Å². The zero-order valence-corrected chi connectivity index (χ0v) is 7.06. The normalized spacial score (nSPS) is 10.2. The average Bonchev–Trinajstić information content (AvgIpc) is 2.47. The van der Waals surface area contributed by atoms with Gasteiger partial charge in [0.15, 0.2) is 5.82 Å². The number of hydrogen-bond donors (Lipinski definition) is 1. The summed E-state index contributed by atoms with van der Waals surface area (Å²) < 4.78 is 1.37. The number of H-pyrrole nitrogens is 1. The Morgan fingerprint density at radius 1 is 1.54 bits per heavy atom. The summed E-state index contributed by atoms with van der Waals surface area (Å²) in [6.45, 7) is 1.82. The molecular formula is C8H8N4O. The van der Waals surface area contributed by atoms with E-state index in [1.54, 1.807) is 12.3 Å². The molecule has 5 nitrogen and oxygen atoms in total. The van der Waals surface area contributed by atoms with Crippen LogP contribution in [0.25, 0.3) is 5.82 Å². The minimum Gasteiger partial charge on any atom is -0.294 e. The fourth-order valence-electron chi connectivity index (χ4n) is 1.10. The third kappa shape index (κ3) is 1.35. The number of rotatable bonds is 1. The van der Waals surface area contributed by atoms with Crippen molar-refractivity contribution in [3.05, 3.63) is 40.7 Å². The van der Waals surface area contributed by atoms with E-state index in [2.05, 4.69) is 15.1 Å². The topological polar surface area (TPSA) is 63.6 Å². The molecule has 0 amide bonds. The predicted molar refractivity (Wildman–Crippen MR) is 46.7 cm³/mol. The van der Waals surface area contributed by atoms with E-state index in [1.807, 2.05) is 6.92 Å². The fraction of sp³-hybridized carbons (Fsp3) is 0.125. The molecule has 66 valence electrons. The molecule has 5 heteroatoms. The third-order valence-electron chi connectivity index (χ3n) is 1.64. The molecular weight excluding hydrogens is 168 g/mol. The summed E-state index contributed by atoms with van der Waals surface area (Å²) in [7, 11) is 0. The smallest absolute Gasteiger partial charge is 0.272 e. The van der Waals surface area contributed by atoms with Gasteiger partial charge in [0.2, 0.25) is 0 Å². The van der Waals surface area contributed by atoms with Crippen LogP contribution in [0.4, 0.5) is 0 Å². The minimum atomic E-state index is -0.115. The second kappa shape index (κ2) is 2.85. The number of hydrogen-bond acceptors (Lipinski definition) is 3. The molecule has 13 heavy (non-hydrogen) atoms. The van der Waals surface area contributed by atoms with Crippen LogP contribution in [-0.2, 0) is 0 Å². The lowest BCUT2D eigenvalue weighted by atomic mass is 10.5. The molecule has 0 fully saturated rings. The summed E-state index contributed by atoms with van der Waals surface area (Å²) in [6.07, 6.45) is 2.99. The van der Waals surface area contributed by atoms with Crippen LogP contribution in [0.3, 0.4) is 0 Å². The summed E-state index contributed by atoms with van der Waals surface area (Å²) in [5.41, 5.74) is 0.694. The number of nitrogens with zero attached hydrogens (tertiary/aromatic N) is 3. The maximum Gasteiger partial charge on any atom is 0.272 e. The Bertz CT molecular complexity index is 456. The van der Waals surface area contributed by atoms with E-state index in [1.165, 1.54) is 17.1 Å². The molecule has 0 bridgehead atoms. The maximum absolute atomic E-state index is 11.3. The average molecular weight is 176 g/mol. The van der Waals surface area contributed by atoms with Gasteiger partial charge >= 0.3 is 0 Å². The van der Waals surface area contributed by atoms with Crippen molar-refractivity contribution in [2.45, 2.75) is 6.92 Å². The van der Waals surface area contributed by atoms with Crippen LogP contribution in [0.15, 0.2) is 29.5 Å². The Morgan fingerprint density at radius 3 is 2.92 bits per heavy atom. The molecule has 2 aromatic heterocycles. The van der Waals surface area contributed by atoms with Crippen molar-refractivity contribution in [2.24, 2.45) is 0 Å². The Labute approximate surface area is 74.1 Å². The molecule has 0 unspecified atom stereocenters. The summed E-state index contributed by atoms with van der Waals surface area (Å²) in [5, 5.41) is 2.87. The van der Waals surface area contributed by atoms with Gasteiger partial charge in [-0.05, 0) is 6.92 Å². The highest BCUT2D eigenvalue weighted by Gasteiger charge is 2.01. The number of nitrogens with one attached hydrogen (secondary N) is 1. The molecule has 0 saturated carbocycles. The van der Waals surface area contributed by atoms with E-state index >= 15 is 0 Å².